The van der Waals surface area contributed by atoms with E-state index in [2.05, 4.69) is 34.2 Å². The van der Waals surface area contributed by atoms with Crippen LogP contribution in [0.1, 0.15) is 57.9 Å². The number of benzene rings is 1. The standard InChI is InChI=1S/C26H40N4O2/c1-20-9-6-7-12-23(20)27-25(31)21(2)28-15-17-29(18-16-28)24-13-8-14-30(26(24)32)19-22-10-4-3-5-11-22/h3-5,10-11,20-21,23-24H,6-9,12-19H2,1-2H3,(H,27,31)/t20-,21+,23+,24+/m1/s1. The molecule has 1 N–H and O–H groups in total. The summed E-state index contributed by atoms with van der Waals surface area (Å²) in [6, 6.07) is 10.5. The minimum absolute atomic E-state index is 0.0122. The topological polar surface area (TPSA) is 55.9 Å². The van der Waals surface area contributed by atoms with Crippen LogP contribution in [0.2, 0.25) is 0 Å². The van der Waals surface area contributed by atoms with Gasteiger partial charge in [0, 0.05) is 45.3 Å². The number of hydrogen-bond donors (Lipinski definition) is 1. The number of nitrogens with zero attached hydrogens (tertiary/aromatic N) is 3. The predicted molar refractivity (Wildman–Crippen MR) is 127 cm³/mol. The van der Waals surface area contributed by atoms with Crippen molar-refractivity contribution in [3.8, 4) is 0 Å². The molecule has 3 aliphatic rings. The van der Waals surface area contributed by atoms with E-state index >= 15 is 0 Å². The Morgan fingerprint density at radius 1 is 1.00 bits per heavy atom. The molecular formula is C26H40N4O2. The second kappa shape index (κ2) is 10.8. The summed E-state index contributed by atoms with van der Waals surface area (Å²) in [4.78, 5) is 32.8. The number of carbonyl (C=O) groups is 2. The van der Waals surface area contributed by atoms with Crippen molar-refractivity contribution in [1.82, 2.24) is 20.0 Å². The molecule has 3 fully saturated rings. The van der Waals surface area contributed by atoms with Crippen LogP contribution in [0.4, 0.5) is 0 Å². The van der Waals surface area contributed by atoms with E-state index in [1.165, 1.54) is 24.8 Å². The molecule has 0 aromatic heterocycles. The highest BCUT2D eigenvalue weighted by Gasteiger charge is 2.36. The largest absolute Gasteiger partial charge is 0.352 e. The first-order valence-electron chi connectivity index (χ1n) is 12.6. The van der Waals surface area contributed by atoms with Crippen LogP contribution in [0, 0.1) is 5.92 Å². The van der Waals surface area contributed by atoms with Crippen molar-refractivity contribution in [2.45, 2.75) is 77.0 Å². The fourth-order valence-corrected chi connectivity index (χ4v) is 5.66. The zero-order valence-electron chi connectivity index (χ0n) is 19.8. The number of piperidine rings is 1. The number of hydrogen-bond acceptors (Lipinski definition) is 4. The van der Waals surface area contributed by atoms with Gasteiger partial charge in [0.1, 0.15) is 0 Å². The Hall–Kier alpha value is -1.92. The minimum Gasteiger partial charge on any atom is -0.352 e. The minimum atomic E-state index is -0.108. The zero-order chi connectivity index (χ0) is 22.5. The fourth-order valence-electron chi connectivity index (χ4n) is 5.66. The second-order valence-corrected chi connectivity index (χ2v) is 10.0. The lowest BCUT2D eigenvalue weighted by Gasteiger charge is -2.44. The van der Waals surface area contributed by atoms with E-state index in [1.807, 2.05) is 30.0 Å². The van der Waals surface area contributed by atoms with Crippen molar-refractivity contribution in [2.24, 2.45) is 5.92 Å². The number of likely N-dealkylation sites (tertiary alicyclic amines) is 1. The van der Waals surface area contributed by atoms with Gasteiger partial charge in [0.25, 0.3) is 0 Å². The van der Waals surface area contributed by atoms with Crippen LogP contribution >= 0.6 is 0 Å². The molecule has 6 heteroatoms. The van der Waals surface area contributed by atoms with Crippen molar-refractivity contribution in [3.63, 3.8) is 0 Å². The maximum Gasteiger partial charge on any atom is 0.240 e. The lowest BCUT2D eigenvalue weighted by molar-refractivity contribution is -0.142. The fraction of sp³-hybridized carbons (Fsp3) is 0.692. The normalized spacial score (nSPS) is 29.0. The first kappa shape index (κ1) is 23.2. The van der Waals surface area contributed by atoms with E-state index in [1.54, 1.807) is 0 Å². The number of nitrogens with one attached hydrogen (secondary N) is 1. The lowest BCUT2D eigenvalue weighted by atomic mass is 9.86. The summed E-state index contributed by atoms with van der Waals surface area (Å²) in [5, 5.41) is 3.32. The molecule has 1 aromatic carbocycles. The van der Waals surface area contributed by atoms with Crippen LogP contribution in [-0.2, 0) is 16.1 Å². The van der Waals surface area contributed by atoms with Crippen molar-refractivity contribution < 1.29 is 9.59 Å². The van der Waals surface area contributed by atoms with Gasteiger partial charge in [-0.15, -0.1) is 0 Å². The highest BCUT2D eigenvalue weighted by molar-refractivity contribution is 5.83. The average Bonchev–Trinajstić information content (AvgIpc) is 2.82. The van der Waals surface area contributed by atoms with Gasteiger partial charge in [-0.3, -0.25) is 19.4 Å². The Bertz CT molecular complexity index is 762. The van der Waals surface area contributed by atoms with E-state index in [0.29, 0.717) is 18.5 Å². The maximum absolute atomic E-state index is 13.2. The highest BCUT2D eigenvalue weighted by Crippen LogP contribution is 2.24. The summed E-state index contributed by atoms with van der Waals surface area (Å²) in [5.41, 5.74) is 1.19. The third kappa shape index (κ3) is 5.52. The predicted octanol–water partition coefficient (Wildman–Crippen LogP) is 2.88. The molecule has 0 spiro atoms. The molecule has 0 radical (unpaired) electrons. The van der Waals surface area contributed by atoms with Crippen molar-refractivity contribution >= 4 is 11.8 Å². The third-order valence-electron chi connectivity index (χ3n) is 7.87. The molecule has 176 valence electrons. The van der Waals surface area contributed by atoms with Crippen molar-refractivity contribution in [2.75, 3.05) is 32.7 Å². The first-order valence-corrected chi connectivity index (χ1v) is 12.6. The van der Waals surface area contributed by atoms with Crippen LogP contribution in [0.3, 0.4) is 0 Å². The van der Waals surface area contributed by atoms with Gasteiger partial charge in [-0.25, -0.2) is 0 Å². The zero-order valence-corrected chi connectivity index (χ0v) is 19.8. The summed E-state index contributed by atoms with van der Waals surface area (Å²) in [7, 11) is 0. The highest BCUT2D eigenvalue weighted by atomic mass is 16.2. The Morgan fingerprint density at radius 2 is 1.72 bits per heavy atom. The van der Waals surface area contributed by atoms with E-state index in [9.17, 15) is 9.59 Å². The maximum atomic E-state index is 13.2. The first-order chi connectivity index (χ1) is 15.5. The Labute approximate surface area is 193 Å². The van der Waals surface area contributed by atoms with E-state index in [-0.39, 0.29) is 23.9 Å². The van der Waals surface area contributed by atoms with Gasteiger partial charge in [0.05, 0.1) is 12.1 Å². The molecule has 4 atom stereocenters. The molecule has 1 aromatic rings. The van der Waals surface area contributed by atoms with Crippen LogP contribution in [0.15, 0.2) is 30.3 Å². The molecule has 0 unspecified atom stereocenters. The summed E-state index contributed by atoms with van der Waals surface area (Å²) in [5.74, 6) is 1.01. The Kier molecular flexibility index (Phi) is 7.84. The quantitative estimate of drug-likeness (QED) is 0.739. The molecule has 2 amide bonds. The van der Waals surface area contributed by atoms with Gasteiger partial charge in [-0.05, 0) is 44.1 Å². The summed E-state index contributed by atoms with van der Waals surface area (Å²) < 4.78 is 0. The number of rotatable bonds is 6. The third-order valence-corrected chi connectivity index (χ3v) is 7.87. The molecule has 4 rings (SSSR count). The molecule has 1 saturated carbocycles. The van der Waals surface area contributed by atoms with E-state index < -0.39 is 0 Å². The molecule has 2 aliphatic heterocycles. The van der Waals surface area contributed by atoms with Gasteiger partial charge >= 0.3 is 0 Å². The summed E-state index contributed by atoms with van der Waals surface area (Å²) in [6.07, 6.45) is 6.83. The van der Waals surface area contributed by atoms with E-state index in [4.69, 9.17) is 0 Å². The monoisotopic (exact) mass is 440 g/mol. The average molecular weight is 441 g/mol. The summed E-state index contributed by atoms with van der Waals surface area (Å²) in [6.45, 7) is 9.24. The molecule has 32 heavy (non-hydrogen) atoms. The molecule has 2 saturated heterocycles. The number of carbonyl (C=O) groups excluding carboxylic acids is 2. The van der Waals surface area contributed by atoms with Crippen LogP contribution in [0.5, 0.6) is 0 Å². The van der Waals surface area contributed by atoms with Gasteiger partial charge < -0.3 is 10.2 Å². The molecular weight excluding hydrogens is 400 g/mol. The lowest BCUT2D eigenvalue weighted by Crippen LogP contribution is -2.60. The Morgan fingerprint density at radius 3 is 2.44 bits per heavy atom. The van der Waals surface area contributed by atoms with Gasteiger partial charge in [0.15, 0.2) is 0 Å². The molecule has 2 heterocycles. The Balaban J connectivity index is 1.27. The second-order valence-electron chi connectivity index (χ2n) is 10.0. The van der Waals surface area contributed by atoms with Crippen LogP contribution in [-0.4, -0.2) is 77.4 Å². The van der Waals surface area contributed by atoms with Crippen LogP contribution < -0.4 is 5.32 Å². The molecule has 1 aliphatic carbocycles. The number of amides is 2. The molecule has 6 nitrogen and oxygen atoms in total. The van der Waals surface area contributed by atoms with Crippen LogP contribution in [0.25, 0.3) is 0 Å². The smallest absolute Gasteiger partial charge is 0.240 e. The molecule has 0 bridgehead atoms. The van der Waals surface area contributed by atoms with E-state index in [0.717, 1.165) is 52.0 Å². The summed E-state index contributed by atoms with van der Waals surface area (Å²) >= 11 is 0. The van der Waals surface area contributed by atoms with Gasteiger partial charge in [-0.2, -0.15) is 0 Å². The SMILES string of the molecule is C[C@@H]1CCCC[C@@H]1NC(=O)[C@H](C)N1CCN([C@H]2CCCN(Cc3ccccc3)C2=O)CC1. The van der Waals surface area contributed by atoms with Gasteiger partial charge in [-0.1, -0.05) is 50.1 Å². The number of piperazine rings is 1. The van der Waals surface area contributed by atoms with Gasteiger partial charge in [0.2, 0.25) is 11.8 Å². The van der Waals surface area contributed by atoms with Crippen molar-refractivity contribution in [3.05, 3.63) is 35.9 Å². The van der Waals surface area contributed by atoms with Crippen molar-refractivity contribution in [1.29, 1.82) is 0 Å².